The first kappa shape index (κ1) is 13.0. The molecule has 1 aromatic rings. The summed E-state index contributed by atoms with van der Waals surface area (Å²) in [7, 11) is 0. The maximum atomic E-state index is 5.59. The zero-order chi connectivity index (χ0) is 11.8. The summed E-state index contributed by atoms with van der Waals surface area (Å²) in [5.41, 5.74) is 8.37. The molecular formula is C14H23NO. The number of ether oxygens (including phenoxy) is 1. The van der Waals surface area contributed by atoms with Gasteiger partial charge in [0, 0.05) is 0 Å². The Kier molecular flexibility index (Phi) is 5.94. The van der Waals surface area contributed by atoms with Gasteiger partial charge in [0.05, 0.1) is 6.61 Å². The third-order valence-electron chi connectivity index (χ3n) is 2.69. The van der Waals surface area contributed by atoms with E-state index in [9.17, 15) is 0 Å². The van der Waals surface area contributed by atoms with Crippen molar-refractivity contribution in [3.63, 3.8) is 0 Å². The first-order valence-corrected chi connectivity index (χ1v) is 6.35. The van der Waals surface area contributed by atoms with Crippen molar-refractivity contribution in [1.29, 1.82) is 0 Å². The lowest BCUT2D eigenvalue weighted by Gasteiger charge is -2.07. The molecule has 0 aromatic heterocycles. The van der Waals surface area contributed by atoms with Gasteiger partial charge in [0.1, 0.15) is 5.75 Å². The zero-order valence-electron chi connectivity index (χ0n) is 10.5. The minimum absolute atomic E-state index is 0.699. The van der Waals surface area contributed by atoms with E-state index in [-0.39, 0.29) is 0 Å². The maximum Gasteiger partial charge on any atom is 0.119 e. The van der Waals surface area contributed by atoms with Crippen LogP contribution < -0.4 is 10.5 Å². The van der Waals surface area contributed by atoms with E-state index in [2.05, 4.69) is 18.2 Å². The number of benzene rings is 1. The highest BCUT2D eigenvalue weighted by molar-refractivity contribution is 5.38. The van der Waals surface area contributed by atoms with Gasteiger partial charge in [0.2, 0.25) is 0 Å². The molecule has 0 bridgehead atoms. The number of hydrogen-bond donors (Lipinski definition) is 1. The molecule has 16 heavy (non-hydrogen) atoms. The molecule has 0 heterocycles. The fourth-order valence-corrected chi connectivity index (χ4v) is 1.91. The minimum atomic E-state index is 0.699. The second-order valence-electron chi connectivity index (χ2n) is 3.77. The molecule has 2 nitrogen and oxygen atoms in total. The van der Waals surface area contributed by atoms with Crippen molar-refractivity contribution in [2.75, 3.05) is 13.2 Å². The highest BCUT2D eigenvalue weighted by Crippen LogP contribution is 2.25. The van der Waals surface area contributed by atoms with Crippen LogP contribution in [0.3, 0.4) is 0 Å². The van der Waals surface area contributed by atoms with E-state index in [0.29, 0.717) is 6.54 Å². The van der Waals surface area contributed by atoms with Crippen LogP contribution in [-0.4, -0.2) is 13.2 Å². The average molecular weight is 221 g/mol. The van der Waals surface area contributed by atoms with Gasteiger partial charge in [-0.1, -0.05) is 19.9 Å². The molecule has 1 aromatic carbocycles. The monoisotopic (exact) mass is 221 g/mol. The van der Waals surface area contributed by atoms with Crippen molar-refractivity contribution < 1.29 is 4.74 Å². The van der Waals surface area contributed by atoms with Crippen molar-refractivity contribution in [2.24, 2.45) is 5.73 Å². The molecule has 0 spiro atoms. The van der Waals surface area contributed by atoms with Crippen LogP contribution in [0.4, 0.5) is 0 Å². The molecule has 0 radical (unpaired) electrons. The smallest absolute Gasteiger partial charge is 0.119 e. The molecule has 0 fully saturated rings. The molecule has 90 valence electrons. The van der Waals surface area contributed by atoms with Gasteiger partial charge < -0.3 is 10.5 Å². The van der Waals surface area contributed by atoms with Crippen molar-refractivity contribution in [3.05, 3.63) is 29.3 Å². The van der Waals surface area contributed by atoms with Crippen LogP contribution in [0.1, 0.15) is 37.8 Å². The Balaban J connectivity index is 0.000000606. The van der Waals surface area contributed by atoms with E-state index in [1.165, 1.54) is 30.4 Å². The second kappa shape index (κ2) is 7.29. The van der Waals surface area contributed by atoms with Crippen LogP contribution in [0, 0.1) is 0 Å². The van der Waals surface area contributed by atoms with Crippen molar-refractivity contribution in [2.45, 2.75) is 39.5 Å². The summed E-state index contributed by atoms with van der Waals surface area (Å²) in [5, 5.41) is 0. The molecule has 1 aliphatic rings. The Morgan fingerprint density at radius 2 is 1.94 bits per heavy atom. The summed E-state index contributed by atoms with van der Waals surface area (Å²) < 4.78 is 5.59. The van der Waals surface area contributed by atoms with E-state index < -0.39 is 0 Å². The molecule has 0 unspecified atom stereocenters. The number of hydrogen-bond acceptors (Lipinski definition) is 2. The Morgan fingerprint density at radius 1 is 1.19 bits per heavy atom. The third-order valence-corrected chi connectivity index (χ3v) is 2.69. The van der Waals surface area contributed by atoms with Gasteiger partial charge in [-0.2, -0.15) is 0 Å². The second-order valence-corrected chi connectivity index (χ2v) is 3.77. The van der Waals surface area contributed by atoms with Gasteiger partial charge in [0.15, 0.2) is 0 Å². The predicted molar refractivity (Wildman–Crippen MR) is 69.0 cm³/mol. The first-order valence-electron chi connectivity index (χ1n) is 6.35. The normalized spacial score (nSPS) is 12.7. The Morgan fingerprint density at radius 3 is 2.69 bits per heavy atom. The molecule has 2 rings (SSSR count). The fraction of sp³-hybridized carbons (Fsp3) is 0.571. The first-order chi connectivity index (χ1) is 7.90. The molecule has 0 saturated carbocycles. The predicted octanol–water partition coefficient (Wildman–Crippen LogP) is 2.93. The summed E-state index contributed by atoms with van der Waals surface area (Å²) in [6.07, 6.45) is 4.67. The van der Waals surface area contributed by atoms with Gasteiger partial charge in [-0.05, 0) is 55.5 Å². The summed E-state index contributed by atoms with van der Waals surface area (Å²) in [6.45, 7) is 5.43. The Hall–Kier alpha value is -1.02. The molecule has 0 amide bonds. The highest BCUT2D eigenvalue weighted by atomic mass is 16.5. The Labute approximate surface area is 98.8 Å². The fourth-order valence-electron chi connectivity index (χ4n) is 1.91. The lowest BCUT2D eigenvalue weighted by molar-refractivity contribution is 0.313. The topological polar surface area (TPSA) is 35.2 Å². The van der Waals surface area contributed by atoms with E-state index in [1.807, 2.05) is 13.8 Å². The lowest BCUT2D eigenvalue weighted by atomic mass is 10.1. The minimum Gasteiger partial charge on any atom is -0.494 e. The van der Waals surface area contributed by atoms with Gasteiger partial charge in [-0.15, -0.1) is 0 Å². The van der Waals surface area contributed by atoms with Crippen LogP contribution in [0.2, 0.25) is 0 Å². The summed E-state index contributed by atoms with van der Waals surface area (Å²) in [4.78, 5) is 0. The standard InChI is InChI=1S/C12H17NO.C2H6/c13-7-2-8-14-12-6-5-10-3-1-4-11(10)9-12;1-2/h5-6,9H,1-4,7-8,13H2;1-2H3. The van der Waals surface area contributed by atoms with Gasteiger partial charge in [-0.3, -0.25) is 0 Å². The third kappa shape index (κ3) is 3.53. The van der Waals surface area contributed by atoms with Crippen molar-refractivity contribution >= 4 is 0 Å². The summed E-state index contributed by atoms with van der Waals surface area (Å²) in [6, 6.07) is 6.44. The molecule has 2 heteroatoms. The maximum absolute atomic E-state index is 5.59. The molecule has 0 atom stereocenters. The van der Waals surface area contributed by atoms with Crippen LogP contribution in [0.15, 0.2) is 18.2 Å². The lowest BCUT2D eigenvalue weighted by Crippen LogP contribution is -2.06. The zero-order valence-corrected chi connectivity index (χ0v) is 10.5. The molecule has 1 aliphatic carbocycles. The average Bonchev–Trinajstić information content (AvgIpc) is 2.79. The number of nitrogens with two attached hydrogens (primary N) is 1. The number of fused-ring (bicyclic) bond motifs is 1. The van der Waals surface area contributed by atoms with Crippen LogP contribution >= 0.6 is 0 Å². The van der Waals surface area contributed by atoms with Crippen LogP contribution in [0.5, 0.6) is 5.75 Å². The number of aryl methyl sites for hydroxylation is 2. The van der Waals surface area contributed by atoms with E-state index in [4.69, 9.17) is 10.5 Å². The summed E-state index contributed by atoms with van der Waals surface area (Å²) >= 11 is 0. The molecule has 0 saturated heterocycles. The van der Waals surface area contributed by atoms with E-state index in [0.717, 1.165) is 18.8 Å². The Bertz CT molecular complexity index is 310. The van der Waals surface area contributed by atoms with Crippen LogP contribution in [-0.2, 0) is 12.8 Å². The molecular weight excluding hydrogens is 198 g/mol. The van der Waals surface area contributed by atoms with E-state index in [1.54, 1.807) is 0 Å². The van der Waals surface area contributed by atoms with Crippen LogP contribution in [0.25, 0.3) is 0 Å². The molecule has 2 N–H and O–H groups in total. The summed E-state index contributed by atoms with van der Waals surface area (Å²) in [5.74, 6) is 0.999. The van der Waals surface area contributed by atoms with Crippen molar-refractivity contribution in [1.82, 2.24) is 0 Å². The number of rotatable bonds is 4. The molecule has 0 aliphatic heterocycles. The van der Waals surface area contributed by atoms with Crippen molar-refractivity contribution in [3.8, 4) is 5.75 Å². The van der Waals surface area contributed by atoms with E-state index >= 15 is 0 Å². The van der Waals surface area contributed by atoms with Gasteiger partial charge in [-0.25, -0.2) is 0 Å². The largest absolute Gasteiger partial charge is 0.494 e. The quantitative estimate of drug-likeness (QED) is 0.793. The van der Waals surface area contributed by atoms with Gasteiger partial charge in [0.25, 0.3) is 0 Å². The highest BCUT2D eigenvalue weighted by Gasteiger charge is 2.10. The van der Waals surface area contributed by atoms with Gasteiger partial charge >= 0.3 is 0 Å². The SMILES string of the molecule is CC.NCCCOc1ccc2c(c1)CCC2.